The van der Waals surface area contributed by atoms with Crippen LogP contribution in [0.1, 0.15) is 21.5 Å². The molecule has 20 heavy (non-hydrogen) atoms. The first kappa shape index (κ1) is 12.5. The summed E-state index contributed by atoms with van der Waals surface area (Å²) in [6.45, 7) is 1.79. The summed E-state index contributed by atoms with van der Waals surface area (Å²) in [6.07, 6.45) is 6.67. The van der Waals surface area contributed by atoms with E-state index >= 15 is 0 Å². The molecule has 0 spiro atoms. The minimum Gasteiger partial charge on any atom is -0.294 e. The second-order valence-corrected chi connectivity index (χ2v) is 4.64. The molecule has 2 heterocycles. The van der Waals surface area contributed by atoms with Gasteiger partial charge in [0.2, 0.25) is 0 Å². The van der Waals surface area contributed by atoms with E-state index < -0.39 is 0 Å². The highest BCUT2D eigenvalue weighted by Crippen LogP contribution is 2.16. The number of Topliss-reactive ketones (excluding diaryl/α,β-unsaturated/α-hetero) is 1. The number of benzene rings is 1. The largest absolute Gasteiger partial charge is 0.294 e. The van der Waals surface area contributed by atoms with Gasteiger partial charge in [0, 0.05) is 18.8 Å². The Bertz CT molecular complexity index is 795. The van der Waals surface area contributed by atoms with Gasteiger partial charge in [0.15, 0.2) is 5.78 Å². The number of halogens is 1. The molecule has 0 N–H and O–H groups in total. The van der Waals surface area contributed by atoms with Gasteiger partial charge in [0.05, 0.1) is 23.5 Å². The first-order valence-electron chi connectivity index (χ1n) is 6.21. The molecule has 0 atom stereocenters. The highest BCUT2D eigenvalue weighted by Gasteiger charge is 2.14. The van der Waals surface area contributed by atoms with Crippen molar-refractivity contribution >= 4 is 11.3 Å². The van der Waals surface area contributed by atoms with Crippen LogP contribution in [0.4, 0.5) is 4.39 Å². The summed E-state index contributed by atoms with van der Waals surface area (Å²) in [6, 6.07) is 4.44. The third-order valence-electron chi connectivity index (χ3n) is 3.28. The second kappa shape index (κ2) is 4.85. The summed E-state index contributed by atoms with van der Waals surface area (Å²) < 4.78 is 14.7. The lowest BCUT2D eigenvalue weighted by atomic mass is 10.0. The van der Waals surface area contributed by atoms with Gasteiger partial charge in [-0.15, -0.1) is 0 Å². The molecule has 0 amide bonds. The van der Waals surface area contributed by atoms with Crippen LogP contribution >= 0.6 is 0 Å². The Balaban J connectivity index is 1.93. The summed E-state index contributed by atoms with van der Waals surface area (Å²) in [5.74, 6) is -0.346. The van der Waals surface area contributed by atoms with Crippen molar-refractivity contribution in [3.05, 3.63) is 65.5 Å². The zero-order valence-electron chi connectivity index (χ0n) is 10.9. The van der Waals surface area contributed by atoms with E-state index in [-0.39, 0.29) is 18.0 Å². The van der Waals surface area contributed by atoms with Crippen LogP contribution in [0.3, 0.4) is 0 Å². The van der Waals surface area contributed by atoms with Gasteiger partial charge in [-0.05, 0) is 30.2 Å². The van der Waals surface area contributed by atoms with Crippen LogP contribution in [0, 0.1) is 12.7 Å². The molecule has 0 aliphatic heterocycles. The predicted molar refractivity (Wildman–Crippen MR) is 72.2 cm³/mol. The smallest absolute Gasteiger partial charge is 0.171 e. The number of ketones is 1. The molecule has 100 valence electrons. The lowest BCUT2D eigenvalue weighted by molar-refractivity contribution is 0.0994. The van der Waals surface area contributed by atoms with Gasteiger partial charge in [-0.3, -0.25) is 9.78 Å². The van der Waals surface area contributed by atoms with Gasteiger partial charge in [-0.1, -0.05) is 6.07 Å². The number of carbonyl (C=O) groups is 1. The maximum atomic E-state index is 13.1. The highest BCUT2D eigenvalue weighted by atomic mass is 19.1. The molecule has 3 rings (SSSR count). The molecule has 0 fully saturated rings. The Hall–Kier alpha value is -2.56. The normalized spacial score (nSPS) is 10.9. The van der Waals surface area contributed by atoms with Crippen LogP contribution in [0.25, 0.3) is 5.52 Å². The van der Waals surface area contributed by atoms with E-state index in [1.807, 2.05) is 0 Å². The molecule has 0 saturated heterocycles. The van der Waals surface area contributed by atoms with E-state index in [9.17, 15) is 9.18 Å². The molecule has 0 unspecified atom stereocenters. The Morgan fingerprint density at radius 2 is 2.20 bits per heavy atom. The standard InChI is InChI=1S/C15H12FN3O/c1-10-6-12(16)3-2-11(10)7-15(20)13-8-18-19-5-4-17-9-14(13)19/h2-6,8-9H,7H2,1H3. The summed E-state index contributed by atoms with van der Waals surface area (Å²) in [5.41, 5.74) is 2.80. The maximum Gasteiger partial charge on any atom is 0.171 e. The summed E-state index contributed by atoms with van der Waals surface area (Å²) >= 11 is 0. The highest BCUT2D eigenvalue weighted by molar-refractivity contribution is 6.03. The van der Waals surface area contributed by atoms with Gasteiger partial charge in [0.1, 0.15) is 5.82 Å². The van der Waals surface area contributed by atoms with Crippen molar-refractivity contribution in [2.24, 2.45) is 0 Å². The van der Waals surface area contributed by atoms with E-state index in [1.165, 1.54) is 18.3 Å². The fraction of sp³-hybridized carbons (Fsp3) is 0.133. The van der Waals surface area contributed by atoms with E-state index in [0.717, 1.165) is 11.1 Å². The Morgan fingerprint density at radius 1 is 1.35 bits per heavy atom. The van der Waals surface area contributed by atoms with E-state index in [2.05, 4.69) is 10.1 Å². The average molecular weight is 269 g/mol. The number of rotatable bonds is 3. The molecule has 5 heteroatoms. The molecule has 4 nitrogen and oxygen atoms in total. The van der Waals surface area contributed by atoms with Crippen molar-refractivity contribution in [1.82, 2.24) is 14.6 Å². The molecule has 0 saturated carbocycles. The number of aromatic nitrogens is 3. The molecule has 0 aliphatic carbocycles. The minimum absolute atomic E-state index is 0.0530. The van der Waals surface area contributed by atoms with Gasteiger partial charge in [-0.25, -0.2) is 8.91 Å². The molecule has 0 bridgehead atoms. The summed E-state index contributed by atoms with van der Waals surface area (Å²) in [5, 5.41) is 4.11. The van der Waals surface area contributed by atoms with Crippen molar-refractivity contribution in [3.8, 4) is 0 Å². The maximum absolute atomic E-state index is 13.1. The first-order chi connectivity index (χ1) is 9.65. The summed E-state index contributed by atoms with van der Waals surface area (Å²) in [4.78, 5) is 16.4. The molecular weight excluding hydrogens is 257 g/mol. The number of nitrogens with zero attached hydrogens (tertiary/aromatic N) is 3. The second-order valence-electron chi connectivity index (χ2n) is 4.64. The topological polar surface area (TPSA) is 47.3 Å². The monoisotopic (exact) mass is 269 g/mol. The average Bonchev–Trinajstić information content (AvgIpc) is 2.86. The summed E-state index contributed by atoms with van der Waals surface area (Å²) in [7, 11) is 0. The number of hydrogen-bond acceptors (Lipinski definition) is 3. The predicted octanol–water partition coefficient (Wildman–Crippen LogP) is 2.60. The fourth-order valence-electron chi connectivity index (χ4n) is 2.18. The lowest BCUT2D eigenvalue weighted by Gasteiger charge is -2.04. The molecule has 3 aromatic rings. The number of hydrogen-bond donors (Lipinski definition) is 0. The van der Waals surface area contributed by atoms with Gasteiger partial charge < -0.3 is 0 Å². The Morgan fingerprint density at radius 3 is 3.00 bits per heavy atom. The molecule has 0 radical (unpaired) electrons. The van der Waals surface area contributed by atoms with Gasteiger partial charge in [0.25, 0.3) is 0 Å². The van der Waals surface area contributed by atoms with Crippen LogP contribution in [0.2, 0.25) is 0 Å². The van der Waals surface area contributed by atoms with Gasteiger partial charge in [-0.2, -0.15) is 5.10 Å². The molecule has 1 aromatic carbocycles. The van der Waals surface area contributed by atoms with E-state index in [1.54, 1.807) is 36.1 Å². The number of aryl methyl sites for hydroxylation is 1. The minimum atomic E-state index is -0.293. The molecule has 0 aliphatic rings. The third kappa shape index (κ3) is 2.18. The van der Waals surface area contributed by atoms with Crippen molar-refractivity contribution < 1.29 is 9.18 Å². The van der Waals surface area contributed by atoms with Crippen molar-refractivity contribution in [2.45, 2.75) is 13.3 Å². The number of carbonyl (C=O) groups excluding carboxylic acids is 1. The molecular formula is C15H12FN3O. The third-order valence-corrected chi connectivity index (χ3v) is 3.28. The van der Waals surface area contributed by atoms with Crippen LogP contribution in [-0.2, 0) is 6.42 Å². The lowest BCUT2D eigenvalue weighted by Crippen LogP contribution is -2.05. The van der Waals surface area contributed by atoms with Gasteiger partial charge >= 0.3 is 0 Å². The van der Waals surface area contributed by atoms with Crippen molar-refractivity contribution in [3.63, 3.8) is 0 Å². The Labute approximate surface area is 114 Å². The van der Waals surface area contributed by atoms with Crippen LogP contribution in [0.5, 0.6) is 0 Å². The zero-order valence-corrected chi connectivity index (χ0v) is 10.9. The van der Waals surface area contributed by atoms with Crippen molar-refractivity contribution in [1.29, 1.82) is 0 Å². The van der Waals surface area contributed by atoms with Crippen LogP contribution in [0.15, 0.2) is 43.0 Å². The van der Waals surface area contributed by atoms with Crippen LogP contribution < -0.4 is 0 Å². The molecule has 2 aromatic heterocycles. The van der Waals surface area contributed by atoms with Crippen molar-refractivity contribution in [2.75, 3.05) is 0 Å². The first-order valence-corrected chi connectivity index (χ1v) is 6.21. The quantitative estimate of drug-likeness (QED) is 0.687. The fourth-order valence-corrected chi connectivity index (χ4v) is 2.18. The zero-order chi connectivity index (χ0) is 14.1. The number of fused-ring (bicyclic) bond motifs is 1. The Kier molecular flexibility index (Phi) is 3.02. The SMILES string of the molecule is Cc1cc(F)ccc1CC(=O)c1cnn2ccncc12. The van der Waals surface area contributed by atoms with E-state index in [4.69, 9.17) is 0 Å². The van der Waals surface area contributed by atoms with Crippen LogP contribution in [-0.4, -0.2) is 20.4 Å². The van der Waals surface area contributed by atoms with E-state index in [0.29, 0.717) is 11.1 Å².